The third kappa shape index (κ3) is 19.7. The first-order chi connectivity index (χ1) is 13.4. The molecule has 0 atom stereocenters. The number of amides is 1. The Balaban J connectivity index is 3.16. The van der Waals surface area contributed by atoms with Crippen molar-refractivity contribution in [1.82, 2.24) is 5.32 Å². The van der Waals surface area contributed by atoms with E-state index in [1.807, 2.05) is 27.7 Å². The third-order valence-electron chi connectivity index (χ3n) is 3.59. The Kier molecular flexibility index (Phi) is 18.5. The zero-order valence-corrected chi connectivity index (χ0v) is 18.0. The number of nitrogens with one attached hydrogen (secondary N) is 1. The Morgan fingerprint density at radius 3 is 1.75 bits per heavy atom. The van der Waals surface area contributed by atoms with Crippen LogP contribution in [-0.4, -0.2) is 83.8 Å². The van der Waals surface area contributed by atoms with Crippen molar-refractivity contribution in [2.75, 3.05) is 66.0 Å². The maximum atomic E-state index is 11.4. The van der Waals surface area contributed by atoms with E-state index in [1.165, 1.54) is 0 Å². The Bertz CT molecular complexity index is 389. The van der Waals surface area contributed by atoms with E-state index in [1.54, 1.807) is 0 Å². The van der Waals surface area contributed by atoms with Gasteiger partial charge in [0, 0.05) is 25.5 Å². The van der Waals surface area contributed by atoms with Crippen molar-refractivity contribution in [3.05, 3.63) is 0 Å². The molecule has 0 saturated heterocycles. The summed E-state index contributed by atoms with van der Waals surface area (Å²) in [7, 11) is 0. The molecule has 0 fully saturated rings. The summed E-state index contributed by atoms with van der Waals surface area (Å²) in [5, 5.41) is 2.71. The van der Waals surface area contributed by atoms with Crippen LogP contribution < -0.4 is 5.32 Å². The maximum Gasteiger partial charge on any atom is 0.246 e. The van der Waals surface area contributed by atoms with Crippen LogP contribution in [0.1, 0.15) is 40.5 Å². The summed E-state index contributed by atoms with van der Waals surface area (Å²) >= 11 is 0. The molecule has 28 heavy (non-hydrogen) atoms. The molecule has 166 valence electrons. The summed E-state index contributed by atoms with van der Waals surface area (Å²) in [6.45, 7) is 12.1. The lowest BCUT2D eigenvalue weighted by Gasteiger charge is -2.09. The molecule has 8 heteroatoms. The molecule has 0 bridgehead atoms. The molecule has 0 aliphatic rings. The molecule has 1 amide bonds. The molecule has 0 rings (SSSR count). The van der Waals surface area contributed by atoms with Gasteiger partial charge in [0.2, 0.25) is 5.91 Å². The van der Waals surface area contributed by atoms with E-state index >= 15 is 0 Å². The van der Waals surface area contributed by atoms with Crippen LogP contribution in [0.3, 0.4) is 0 Å². The highest BCUT2D eigenvalue weighted by molar-refractivity contribution is 5.80. The van der Waals surface area contributed by atoms with Gasteiger partial charge in [0.05, 0.1) is 52.4 Å². The number of ketones is 1. The minimum absolute atomic E-state index is 0.0437. The van der Waals surface area contributed by atoms with Crippen LogP contribution in [0.5, 0.6) is 0 Å². The minimum atomic E-state index is -0.140. The van der Waals surface area contributed by atoms with Crippen LogP contribution in [0.4, 0.5) is 0 Å². The van der Waals surface area contributed by atoms with Gasteiger partial charge in [0.15, 0.2) is 0 Å². The van der Waals surface area contributed by atoms with Crippen molar-refractivity contribution < 1.29 is 33.3 Å². The molecule has 0 aromatic rings. The van der Waals surface area contributed by atoms with Gasteiger partial charge >= 0.3 is 0 Å². The minimum Gasteiger partial charge on any atom is -0.379 e. The summed E-state index contributed by atoms with van der Waals surface area (Å²) in [4.78, 5) is 22.8. The first kappa shape index (κ1) is 26.9. The van der Waals surface area contributed by atoms with Gasteiger partial charge in [-0.15, -0.1) is 0 Å². The molecule has 0 unspecified atom stereocenters. The molecule has 0 spiro atoms. The number of carbonyl (C=O) groups is 2. The average Bonchev–Trinajstić information content (AvgIpc) is 2.65. The number of ether oxygens (including phenoxy) is 5. The largest absolute Gasteiger partial charge is 0.379 e. The van der Waals surface area contributed by atoms with Crippen molar-refractivity contribution in [3.63, 3.8) is 0 Å². The number of carbonyl (C=O) groups excluding carboxylic acids is 2. The first-order valence-electron chi connectivity index (χ1n) is 10.2. The number of rotatable bonds is 20. The van der Waals surface area contributed by atoms with Crippen LogP contribution in [0.2, 0.25) is 0 Å². The van der Waals surface area contributed by atoms with Gasteiger partial charge in [-0.1, -0.05) is 13.8 Å². The van der Waals surface area contributed by atoms with Crippen molar-refractivity contribution in [3.8, 4) is 0 Å². The zero-order chi connectivity index (χ0) is 21.0. The normalized spacial score (nSPS) is 11.4. The Morgan fingerprint density at radius 2 is 1.25 bits per heavy atom. The highest BCUT2D eigenvalue weighted by Gasteiger charge is 2.06. The maximum absolute atomic E-state index is 11.4. The summed E-state index contributed by atoms with van der Waals surface area (Å²) in [5.41, 5.74) is 0. The fourth-order valence-electron chi connectivity index (χ4n) is 1.95. The predicted octanol–water partition coefficient (Wildman–Crippen LogP) is 1.60. The fraction of sp³-hybridized carbons (Fsp3) is 0.900. The first-order valence-corrected chi connectivity index (χ1v) is 10.2. The second-order valence-electron chi connectivity index (χ2n) is 6.88. The lowest BCUT2D eigenvalue weighted by atomic mass is 10.1. The zero-order valence-electron chi connectivity index (χ0n) is 18.0. The lowest BCUT2D eigenvalue weighted by Crippen LogP contribution is -2.31. The van der Waals surface area contributed by atoms with Crippen LogP contribution in [0.15, 0.2) is 0 Å². The van der Waals surface area contributed by atoms with Crippen molar-refractivity contribution >= 4 is 11.7 Å². The second-order valence-corrected chi connectivity index (χ2v) is 6.88. The van der Waals surface area contributed by atoms with E-state index in [0.29, 0.717) is 65.8 Å². The quantitative estimate of drug-likeness (QED) is 0.308. The Morgan fingerprint density at radius 1 is 0.750 bits per heavy atom. The molecule has 8 nitrogen and oxygen atoms in total. The molecular formula is C20H39NO7. The average molecular weight is 406 g/mol. The second kappa shape index (κ2) is 19.3. The highest BCUT2D eigenvalue weighted by Crippen LogP contribution is 2.01. The fourth-order valence-corrected chi connectivity index (χ4v) is 1.95. The van der Waals surface area contributed by atoms with Gasteiger partial charge in [0.1, 0.15) is 12.4 Å². The summed E-state index contributed by atoms with van der Waals surface area (Å²) in [6.07, 6.45) is 1.38. The molecule has 0 heterocycles. The van der Waals surface area contributed by atoms with Gasteiger partial charge in [0.25, 0.3) is 0 Å². The van der Waals surface area contributed by atoms with E-state index in [-0.39, 0.29) is 30.3 Å². The smallest absolute Gasteiger partial charge is 0.246 e. The summed E-state index contributed by atoms with van der Waals surface area (Å²) in [6, 6.07) is 0. The van der Waals surface area contributed by atoms with E-state index in [0.717, 1.165) is 6.42 Å². The molecule has 0 aromatic carbocycles. The Labute approximate surface area is 169 Å². The molecule has 0 aromatic heterocycles. The molecule has 0 aliphatic carbocycles. The van der Waals surface area contributed by atoms with Crippen LogP contribution >= 0.6 is 0 Å². The van der Waals surface area contributed by atoms with Crippen LogP contribution in [-0.2, 0) is 33.3 Å². The number of Topliss-reactive ketones (excluding diaryl/α,β-unsaturated/α-hetero) is 1. The van der Waals surface area contributed by atoms with Gasteiger partial charge in [-0.25, -0.2) is 0 Å². The van der Waals surface area contributed by atoms with E-state index in [9.17, 15) is 9.59 Å². The van der Waals surface area contributed by atoms with E-state index in [4.69, 9.17) is 23.7 Å². The highest BCUT2D eigenvalue weighted by atomic mass is 16.6. The van der Waals surface area contributed by atoms with Gasteiger partial charge in [-0.2, -0.15) is 0 Å². The van der Waals surface area contributed by atoms with Gasteiger partial charge in [-0.3, -0.25) is 9.59 Å². The molecule has 0 saturated carbocycles. The van der Waals surface area contributed by atoms with E-state index < -0.39 is 0 Å². The SMILES string of the molecule is CC(C)OCC(=O)NCCOCCOCCOCCOCCCC(=O)C(C)C. The summed E-state index contributed by atoms with van der Waals surface area (Å²) in [5.74, 6) is 0.241. The molecular weight excluding hydrogens is 366 g/mol. The van der Waals surface area contributed by atoms with Crippen molar-refractivity contribution in [2.45, 2.75) is 46.6 Å². The monoisotopic (exact) mass is 405 g/mol. The molecule has 0 radical (unpaired) electrons. The number of hydrogen-bond acceptors (Lipinski definition) is 7. The third-order valence-corrected chi connectivity index (χ3v) is 3.59. The van der Waals surface area contributed by atoms with E-state index in [2.05, 4.69) is 5.32 Å². The Hall–Kier alpha value is -1.06. The lowest BCUT2D eigenvalue weighted by molar-refractivity contribution is -0.127. The van der Waals surface area contributed by atoms with Crippen LogP contribution in [0, 0.1) is 5.92 Å². The standard InChI is InChI=1S/C20H39NO7/c1-17(2)19(22)6-5-8-24-10-12-26-14-15-27-13-11-25-9-7-21-20(23)16-28-18(3)4/h17-18H,5-16H2,1-4H3,(H,21,23). The van der Waals surface area contributed by atoms with Crippen molar-refractivity contribution in [1.29, 1.82) is 0 Å². The van der Waals surface area contributed by atoms with Crippen molar-refractivity contribution in [2.24, 2.45) is 5.92 Å². The predicted molar refractivity (Wildman–Crippen MR) is 106 cm³/mol. The molecule has 1 N–H and O–H groups in total. The van der Waals surface area contributed by atoms with Gasteiger partial charge < -0.3 is 29.0 Å². The number of hydrogen-bond donors (Lipinski definition) is 1. The summed E-state index contributed by atoms with van der Waals surface area (Å²) < 4.78 is 26.7. The molecule has 0 aliphatic heterocycles. The van der Waals surface area contributed by atoms with Gasteiger partial charge in [-0.05, 0) is 20.3 Å². The topological polar surface area (TPSA) is 92.3 Å². The van der Waals surface area contributed by atoms with Crippen LogP contribution in [0.25, 0.3) is 0 Å².